The van der Waals surface area contributed by atoms with Crippen molar-refractivity contribution in [2.24, 2.45) is 5.92 Å². The van der Waals surface area contributed by atoms with E-state index in [2.05, 4.69) is 22.6 Å². The smallest absolute Gasteiger partial charge is 0.408 e. The highest BCUT2D eigenvalue weighted by Crippen LogP contribution is 2.24. The summed E-state index contributed by atoms with van der Waals surface area (Å²) in [6.45, 7) is 14.2. The van der Waals surface area contributed by atoms with Crippen LogP contribution in [0.15, 0.2) is 24.3 Å². The molecule has 0 aliphatic rings. The molecule has 0 aliphatic carbocycles. The number of rotatable bonds is 6. The van der Waals surface area contributed by atoms with Crippen LogP contribution in [0.25, 0.3) is 0 Å². The minimum absolute atomic E-state index is 0.323. The van der Waals surface area contributed by atoms with Crippen molar-refractivity contribution >= 4 is 17.9 Å². The summed E-state index contributed by atoms with van der Waals surface area (Å²) >= 11 is 0. The van der Waals surface area contributed by atoms with Crippen molar-refractivity contribution in [1.82, 2.24) is 15.5 Å². The Morgan fingerprint density at radius 2 is 1.55 bits per heavy atom. The molecule has 0 aromatic heterocycles. The van der Waals surface area contributed by atoms with Gasteiger partial charge in [0.1, 0.15) is 17.7 Å². The van der Waals surface area contributed by atoms with E-state index in [1.807, 2.05) is 20.8 Å². The fourth-order valence-corrected chi connectivity index (χ4v) is 2.98. The standard InChI is InChI=1S/C26H35N3O4/c1-11-18-13-15-19(16-14-18)21(22(30)28-25(5,6)7)29(12-2)23(31)20(17(3)4)27-24(32)33-26(8,9)10/h1-2,13-17,20-21H,3-10H3,(H,27,32)(H,28,30). The van der Waals surface area contributed by atoms with Crippen LogP contribution in [0.2, 0.25) is 0 Å². The van der Waals surface area contributed by atoms with E-state index in [1.54, 1.807) is 58.9 Å². The third kappa shape index (κ3) is 8.54. The second-order valence-electron chi connectivity index (χ2n) is 10.1. The van der Waals surface area contributed by atoms with Crippen LogP contribution in [-0.2, 0) is 14.3 Å². The largest absolute Gasteiger partial charge is 0.444 e. The summed E-state index contributed by atoms with van der Waals surface area (Å²) in [6.07, 6.45) is 10.4. The molecular formula is C26H35N3O4. The van der Waals surface area contributed by atoms with E-state index in [9.17, 15) is 14.4 Å². The lowest BCUT2D eigenvalue weighted by Gasteiger charge is -2.33. The lowest BCUT2D eigenvalue weighted by atomic mass is 9.98. The molecule has 178 valence electrons. The summed E-state index contributed by atoms with van der Waals surface area (Å²) in [4.78, 5) is 40.2. The van der Waals surface area contributed by atoms with Crippen molar-refractivity contribution in [2.75, 3.05) is 0 Å². The number of amides is 3. The van der Waals surface area contributed by atoms with Gasteiger partial charge in [0.2, 0.25) is 5.91 Å². The van der Waals surface area contributed by atoms with Gasteiger partial charge in [-0.3, -0.25) is 14.5 Å². The summed E-state index contributed by atoms with van der Waals surface area (Å²) in [5, 5.41) is 5.47. The number of alkyl carbamates (subject to hydrolysis) is 1. The van der Waals surface area contributed by atoms with E-state index < -0.39 is 41.1 Å². The summed E-state index contributed by atoms with van der Waals surface area (Å²) in [7, 11) is 0. The van der Waals surface area contributed by atoms with Gasteiger partial charge in [0.15, 0.2) is 0 Å². The van der Waals surface area contributed by atoms with Crippen molar-refractivity contribution in [3.8, 4) is 24.8 Å². The molecule has 0 saturated carbocycles. The van der Waals surface area contributed by atoms with Crippen molar-refractivity contribution in [2.45, 2.75) is 78.6 Å². The van der Waals surface area contributed by atoms with Gasteiger partial charge in [0.05, 0.1) is 0 Å². The monoisotopic (exact) mass is 453 g/mol. The van der Waals surface area contributed by atoms with Crippen LogP contribution in [-0.4, -0.2) is 40.0 Å². The average molecular weight is 454 g/mol. The first kappa shape index (κ1) is 27.6. The van der Waals surface area contributed by atoms with Gasteiger partial charge in [-0.15, -0.1) is 6.42 Å². The van der Waals surface area contributed by atoms with Gasteiger partial charge in [-0.1, -0.05) is 38.3 Å². The summed E-state index contributed by atoms with van der Waals surface area (Å²) < 4.78 is 5.30. The molecule has 0 bridgehead atoms. The van der Waals surface area contributed by atoms with Gasteiger partial charge >= 0.3 is 6.09 Å². The van der Waals surface area contributed by atoms with E-state index >= 15 is 0 Å². The number of carbonyl (C=O) groups excluding carboxylic acids is 3. The van der Waals surface area contributed by atoms with E-state index in [0.717, 1.165) is 4.90 Å². The molecule has 1 aromatic rings. The maximum atomic E-state index is 13.5. The van der Waals surface area contributed by atoms with Crippen LogP contribution >= 0.6 is 0 Å². The Balaban J connectivity index is 3.40. The molecule has 7 heteroatoms. The van der Waals surface area contributed by atoms with Gasteiger partial charge in [-0.2, -0.15) is 0 Å². The molecule has 0 aliphatic heterocycles. The van der Waals surface area contributed by atoms with Gasteiger partial charge < -0.3 is 15.4 Å². The Labute approximate surface area is 197 Å². The molecule has 0 heterocycles. The van der Waals surface area contributed by atoms with Crippen molar-refractivity contribution in [3.05, 3.63) is 35.4 Å². The second kappa shape index (κ2) is 10.9. The lowest BCUT2D eigenvalue weighted by Crippen LogP contribution is -2.54. The van der Waals surface area contributed by atoms with Crippen LogP contribution in [0.5, 0.6) is 0 Å². The Bertz CT molecular complexity index is 938. The van der Waals surface area contributed by atoms with Crippen molar-refractivity contribution in [1.29, 1.82) is 0 Å². The van der Waals surface area contributed by atoms with Gasteiger partial charge in [0.25, 0.3) is 5.91 Å². The molecule has 2 N–H and O–H groups in total. The third-order valence-electron chi connectivity index (χ3n) is 4.38. The fraction of sp³-hybridized carbons (Fsp3) is 0.500. The zero-order valence-corrected chi connectivity index (χ0v) is 20.8. The quantitative estimate of drug-likeness (QED) is 0.509. The Kier molecular flexibility index (Phi) is 9.13. The highest BCUT2D eigenvalue weighted by atomic mass is 16.6. The van der Waals surface area contributed by atoms with E-state index in [4.69, 9.17) is 17.6 Å². The topological polar surface area (TPSA) is 87.7 Å². The molecule has 1 aromatic carbocycles. The first-order chi connectivity index (χ1) is 15.1. The first-order valence-electron chi connectivity index (χ1n) is 10.8. The minimum atomic E-state index is -1.13. The molecule has 33 heavy (non-hydrogen) atoms. The highest BCUT2D eigenvalue weighted by Gasteiger charge is 2.38. The number of carbonyl (C=O) groups is 3. The Morgan fingerprint density at radius 3 is 1.94 bits per heavy atom. The number of nitrogens with zero attached hydrogens (tertiary/aromatic N) is 1. The zero-order chi connectivity index (χ0) is 25.6. The predicted molar refractivity (Wildman–Crippen MR) is 129 cm³/mol. The molecule has 2 unspecified atom stereocenters. The molecule has 0 spiro atoms. The zero-order valence-electron chi connectivity index (χ0n) is 20.8. The van der Waals surface area contributed by atoms with Crippen molar-refractivity contribution in [3.63, 3.8) is 0 Å². The molecule has 0 saturated heterocycles. The Hall–Kier alpha value is -3.45. The van der Waals surface area contributed by atoms with E-state index in [1.165, 1.54) is 0 Å². The number of hydrogen-bond acceptors (Lipinski definition) is 4. The van der Waals surface area contributed by atoms with Crippen LogP contribution in [0.1, 0.15) is 72.6 Å². The predicted octanol–water partition coefficient (Wildman–Crippen LogP) is 3.59. The number of terminal acetylenes is 2. The van der Waals surface area contributed by atoms with Gasteiger partial charge in [-0.05, 0) is 65.2 Å². The van der Waals surface area contributed by atoms with Crippen molar-refractivity contribution < 1.29 is 19.1 Å². The molecule has 3 amide bonds. The number of ether oxygens (including phenoxy) is 1. The summed E-state index contributed by atoms with van der Waals surface area (Å²) in [5.41, 5.74) is -0.196. The van der Waals surface area contributed by atoms with Crippen LogP contribution in [0.3, 0.4) is 0 Å². The van der Waals surface area contributed by atoms with E-state index in [0.29, 0.717) is 11.1 Å². The first-order valence-corrected chi connectivity index (χ1v) is 10.8. The molecule has 0 fully saturated rings. The average Bonchev–Trinajstić information content (AvgIpc) is 2.66. The van der Waals surface area contributed by atoms with Gasteiger partial charge in [0, 0.05) is 17.1 Å². The number of hydrogen-bond donors (Lipinski definition) is 2. The minimum Gasteiger partial charge on any atom is -0.444 e. The Morgan fingerprint density at radius 1 is 1.00 bits per heavy atom. The van der Waals surface area contributed by atoms with E-state index in [-0.39, 0.29) is 5.92 Å². The normalized spacial score (nSPS) is 13.2. The molecule has 1 rings (SSSR count). The second-order valence-corrected chi connectivity index (χ2v) is 10.1. The molecule has 0 radical (unpaired) electrons. The maximum Gasteiger partial charge on any atom is 0.408 e. The third-order valence-corrected chi connectivity index (χ3v) is 4.38. The lowest BCUT2D eigenvalue weighted by molar-refractivity contribution is -0.140. The summed E-state index contributed by atoms with van der Waals surface area (Å²) in [6, 6.07) is 6.86. The number of nitrogens with one attached hydrogen (secondary N) is 2. The molecular weight excluding hydrogens is 418 g/mol. The SMILES string of the molecule is C#Cc1ccc(C(C(=O)NC(C)(C)C)N(C#C)C(=O)C(NC(=O)OC(C)(C)C)C(C)C)cc1. The maximum absolute atomic E-state index is 13.5. The molecule has 2 atom stereocenters. The highest BCUT2D eigenvalue weighted by molar-refractivity contribution is 5.93. The van der Waals surface area contributed by atoms with Crippen LogP contribution in [0, 0.1) is 30.7 Å². The van der Waals surface area contributed by atoms with Gasteiger partial charge in [-0.25, -0.2) is 4.79 Å². The fourth-order valence-electron chi connectivity index (χ4n) is 2.98. The summed E-state index contributed by atoms with van der Waals surface area (Å²) in [5.74, 6) is 1.13. The molecule has 7 nitrogen and oxygen atoms in total. The van der Waals surface area contributed by atoms with Crippen LogP contribution in [0.4, 0.5) is 4.79 Å². The number of benzene rings is 1. The van der Waals surface area contributed by atoms with Crippen LogP contribution < -0.4 is 10.6 Å².